The van der Waals surface area contributed by atoms with E-state index in [1.54, 1.807) is 0 Å². The zero-order valence-corrected chi connectivity index (χ0v) is 18.8. The molecule has 0 heterocycles. The van der Waals surface area contributed by atoms with Crippen LogP contribution < -0.4 is 29.6 Å². The molecule has 0 amide bonds. The third-order valence-corrected chi connectivity index (χ3v) is 5.11. The minimum Gasteiger partial charge on any atom is -0.748 e. The summed E-state index contributed by atoms with van der Waals surface area (Å²) in [7, 11) is -4.09. The zero-order valence-electron chi connectivity index (χ0n) is 16.0. The van der Waals surface area contributed by atoms with E-state index in [1.165, 1.54) is 64.2 Å². The molecule has 1 atom stereocenters. The zero-order chi connectivity index (χ0) is 17.4. The minimum atomic E-state index is -4.09. The summed E-state index contributed by atoms with van der Waals surface area (Å²) < 4.78 is 31.3. The second kappa shape index (κ2) is 18.7. The van der Waals surface area contributed by atoms with Gasteiger partial charge in [-0.2, -0.15) is 0 Å². The number of hydrogen-bond acceptors (Lipinski definition) is 4. The molecule has 140 valence electrons. The van der Waals surface area contributed by atoms with Gasteiger partial charge in [0.15, 0.2) is 0 Å². The molecule has 24 heavy (non-hydrogen) atoms. The normalized spacial score (nSPS) is 12.8. The van der Waals surface area contributed by atoms with E-state index in [9.17, 15) is 18.1 Å². The smallest absolute Gasteiger partial charge is 0.748 e. The average Bonchev–Trinajstić information content (AvgIpc) is 2.48. The van der Waals surface area contributed by atoms with Gasteiger partial charge < -0.3 is 9.66 Å². The fourth-order valence-corrected chi connectivity index (χ4v) is 3.40. The van der Waals surface area contributed by atoms with Gasteiger partial charge in [0, 0.05) is 5.75 Å². The van der Waals surface area contributed by atoms with E-state index in [2.05, 4.69) is 6.92 Å². The molecule has 4 nitrogen and oxygen atoms in total. The Morgan fingerprint density at radius 1 is 0.750 bits per heavy atom. The van der Waals surface area contributed by atoms with Crippen LogP contribution in [0.15, 0.2) is 0 Å². The van der Waals surface area contributed by atoms with Crippen molar-refractivity contribution in [1.29, 1.82) is 0 Å². The molecule has 0 fully saturated rings. The fraction of sp³-hybridized carbons (Fsp3) is 1.00. The Morgan fingerprint density at radius 3 is 1.54 bits per heavy atom. The van der Waals surface area contributed by atoms with E-state index in [1.807, 2.05) is 0 Å². The van der Waals surface area contributed by atoms with E-state index in [4.69, 9.17) is 0 Å². The van der Waals surface area contributed by atoms with E-state index < -0.39 is 10.1 Å². The van der Waals surface area contributed by atoms with Crippen LogP contribution in [-0.4, -0.2) is 29.9 Å². The van der Waals surface area contributed by atoms with E-state index in [0.29, 0.717) is 19.3 Å². The number of hydrogen-bond donors (Lipinski definition) is 1. The minimum absolute atomic E-state index is 0. The Balaban J connectivity index is 0. The maximum atomic E-state index is 10.4. The Labute approximate surface area is 172 Å². The molecule has 6 heteroatoms. The third kappa shape index (κ3) is 22.9. The molecule has 0 spiro atoms. The van der Waals surface area contributed by atoms with Crippen molar-refractivity contribution < 1.29 is 47.6 Å². The molecule has 0 aliphatic rings. The van der Waals surface area contributed by atoms with Gasteiger partial charge in [-0.05, 0) is 25.7 Å². The van der Waals surface area contributed by atoms with Crippen LogP contribution in [0.3, 0.4) is 0 Å². The molecule has 0 radical (unpaired) electrons. The van der Waals surface area contributed by atoms with Crippen molar-refractivity contribution in [3.63, 3.8) is 0 Å². The quantitative estimate of drug-likeness (QED) is 0.240. The molecule has 0 aromatic heterocycles. The van der Waals surface area contributed by atoms with Gasteiger partial charge in [0.1, 0.15) is 0 Å². The monoisotopic (exact) mass is 372 g/mol. The topological polar surface area (TPSA) is 77.4 Å². The van der Waals surface area contributed by atoms with Crippen LogP contribution in [0.2, 0.25) is 0 Å². The first-order valence-electron chi connectivity index (χ1n) is 9.57. The molecule has 1 unspecified atom stereocenters. The summed E-state index contributed by atoms with van der Waals surface area (Å²) in [5, 5.41) is 9.79. The Hall–Kier alpha value is 0.870. The van der Waals surface area contributed by atoms with Crippen molar-refractivity contribution in [3.05, 3.63) is 0 Å². The first-order chi connectivity index (χ1) is 11.0. The maximum absolute atomic E-state index is 10.4. The predicted octanol–water partition coefficient (Wildman–Crippen LogP) is 1.77. The third-order valence-electron chi connectivity index (χ3n) is 4.32. The first-order valence-corrected chi connectivity index (χ1v) is 11.1. The van der Waals surface area contributed by atoms with Gasteiger partial charge in [-0.25, -0.2) is 8.42 Å². The molecule has 1 N–H and O–H groups in total. The first kappa shape index (κ1) is 27.1. The molecule has 0 aromatic rings. The summed E-state index contributed by atoms with van der Waals surface area (Å²) in [5.41, 5.74) is 0. The number of unbranched alkanes of at least 4 members (excludes halogenated alkanes) is 11. The standard InChI is InChI=1S/C18H38O4S.Na/c1-2-3-4-5-6-7-8-9-10-11-12-15-18(19)16-13-14-17-23(20,21)22;/h18-19H,2-17H2,1H3,(H,20,21,22);/q;+1/p-1. The Kier molecular flexibility index (Phi) is 21.1. The second-order valence-corrected chi connectivity index (χ2v) is 8.26. The molecule has 0 rings (SSSR count). The number of aliphatic hydroxyl groups is 1. The molecule has 0 saturated heterocycles. The maximum Gasteiger partial charge on any atom is 1.00 e. The van der Waals surface area contributed by atoms with Crippen LogP contribution >= 0.6 is 0 Å². The molecule has 0 bridgehead atoms. The number of rotatable bonds is 17. The molecular weight excluding hydrogens is 335 g/mol. The predicted molar refractivity (Wildman–Crippen MR) is 95.5 cm³/mol. The van der Waals surface area contributed by atoms with Crippen LogP contribution in [0, 0.1) is 0 Å². The van der Waals surface area contributed by atoms with Crippen molar-refractivity contribution in [2.45, 2.75) is 109 Å². The van der Waals surface area contributed by atoms with Gasteiger partial charge in [-0.15, -0.1) is 0 Å². The van der Waals surface area contributed by atoms with Gasteiger partial charge in [0.05, 0.1) is 16.2 Å². The number of aliphatic hydroxyl groups excluding tert-OH is 1. The van der Waals surface area contributed by atoms with Crippen molar-refractivity contribution >= 4 is 10.1 Å². The van der Waals surface area contributed by atoms with Gasteiger partial charge in [0.2, 0.25) is 0 Å². The van der Waals surface area contributed by atoms with Crippen LogP contribution in [0.25, 0.3) is 0 Å². The van der Waals surface area contributed by atoms with E-state index in [-0.39, 0.29) is 41.4 Å². The van der Waals surface area contributed by atoms with E-state index in [0.717, 1.165) is 12.8 Å². The summed E-state index contributed by atoms with van der Waals surface area (Å²) in [4.78, 5) is 0. The van der Waals surface area contributed by atoms with Gasteiger partial charge >= 0.3 is 29.6 Å². The van der Waals surface area contributed by atoms with Crippen molar-refractivity contribution in [3.8, 4) is 0 Å². The fourth-order valence-electron chi connectivity index (χ4n) is 2.85. The van der Waals surface area contributed by atoms with Crippen LogP contribution in [0.1, 0.15) is 103 Å². The SMILES string of the molecule is CCCCCCCCCCCCCC(O)CCCCS(=O)(=O)[O-].[Na+]. The van der Waals surface area contributed by atoms with Crippen LogP contribution in [0.4, 0.5) is 0 Å². The van der Waals surface area contributed by atoms with Gasteiger partial charge in [-0.3, -0.25) is 0 Å². The molecule has 0 aromatic carbocycles. The van der Waals surface area contributed by atoms with Crippen LogP contribution in [-0.2, 0) is 10.1 Å². The molecule has 0 saturated carbocycles. The Morgan fingerprint density at radius 2 is 1.12 bits per heavy atom. The summed E-state index contributed by atoms with van der Waals surface area (Å²) in [5.74, 6) is -0.307. The molecule has 0 aliphatic heterocycles. The molecule has 0 aliphatic carbocycles. The second-order valence-electron chi connectivity index (χ2n) is 6.74. The van der Waals surface area contributed by atoms with Crippen molar-refractivity contribution in [1.82, 2.24) is 0 Å². The van der Waals surface area contributed by atoms with Crippen molar-refractivity contribution in [2.24, 2.45) is 0 Å². The van der Waals surface area contributed by atoms with Gasteiger partial charge in [0.25, 0.3) is 0 Å². The average molecular weight is 373 g/mol. The largest absolute Gasteiger partial charge is 1.00 e. The van der Waals surface area contributed by atoms with Gasteiger partial charge in [-0.1, -0.05) is 77.6 Å². The Bertz CT molecular complexity index is 347. The summed E-state index contributed by atoms with van der Waals surface area (Å²) >= 11 is 0. The summed E-state index contributed by atoms with van der Waals surface area (Å²) in [6.45, 7) is 2.24. The summed E-state index contributed by atoms with van der Waals surface area (Å²) in [6.07, 6.45) is 16.3. The summed E-state index contributed by atoms with van der Waals surface area (Å²) in [6, 6.07) is 0. The van der Waals surface area contributed by atoms with Crippen LogP contribution in [0.5, 0.6) is 0 Å². The molecular formula is C18H37NaO4S. The van der Waals surface area contributed by atoms with Crippen molar-refractivity contribution in [2.75, 3.05) is 5.75 Å². The van der Waals surface area contributed by atoms with E-state index >= 15 is 0 Å².